The zero-order chi connectivity index (χ0) is 18.6. The van der Waals surface area contributed by atoms with E-state index in [4.69, 9.17) is 11.6 Å². The Morgan fingerprint density at radius 2 is 1.68 bits per heavy atom. The highest BCUT2D eigenvalue weighted by atomic mass is 35.5. The lowest BCUT2D eigenvalue weighted by molar-refractivity contribution is -0.116. The van der Waals surface area contributed by atoms with Gasteiger partial charge in [-0.3, -0.25) is 9.59 Å². The van der Waals surface area contributed by atoms with Crippen molar-refractivity contribution >= 4 is 29.1 Å². The molecule has 0 unspecified atom stereocenters. The first-order valence-electron chi connectivity index (χ1n) is 8.23. The van der Waals surface area contributed by atoms with Crippen molar-refractivity contribution in [3.63, 3.8) is 0 Å². The molecular weight excluding hydrogens is 336 g/mol. The summed E-state index contributed by atoms with van der Waals surface area (Å²) in [6, 6.07) is 11.0. The van der Waals surface area contributed by atoms with Crippen molar-refractivity contribution in [2.24, 2.45) is 0 Å². The van der Waals surface area contributed by atoms with Crippen LogP contribution in [0.4, 0.5) is 5.69 Å². The molecule has 1 N–H and O–H groups in total. The number of likely N-dealkylation sites (N-methyl/N-ethyl adjacent to an activating group) is 1. The topological polar surface area (TPSA) is 49.4 Å². The Hall–Kier alpha value is -2.33. The van der Waals surface area contributed by atoms with E-state index >= 15 is 0 Å². The molecule has 0 aromatic heterocycles. The van der Waals surface area contributed by atoms with Gasteiger partial charge in [-0.25, -0.2) is 0 Å². The van der Waals surface area contributed by atoms with Crippen molar-refractivity contribution in [1.82, 2.24) is 4.90 Å². The summed E-state index contributed by atoms with van der Waals surface area (Å²) in [5.74, 6) is -0.391. The van der Waals surface area contributed by atoms with Crippen LogP contribution in [-0.4, -0.2) is 29.8 Å². The fraction of sp³-hybridized carbons (Fsp3) is 0.300. The molecule has 2 rings (SSSR count). The summed E-state index contributed by atoms with van der Waals surface area (Å²) in [7, 11) is 0. The minimum absolute atomic E-state index is 0.00568. The Morgan fingerprint density at radius 1 is 1.04 bits per heavy atom. The summed E-state index contributed by atoms with van der Waals surface area (Å²) in [4.78, 5) is 26.6. The van der Waals surface area contributed by atoms with Crippen molar-refractivity contribution in [3.8, 4) is 0 Å². The number of nitrogens with one attached hydrogen (secondary N) is 1. The minimum Gasteiger partial charge on any atom is -0.330 e. The molecule has 0 heterocycles. The first-order chi connectivity index (χ1) is 11.8. The van der Waals surface area contributed by atoms with Crippen LogP contribution in [0.15, 0.2) is 36.4 Å². The molecule has 2 amide bonds. The molecule has 5 heteroatoms. The smallest absolute Gasteiger partial charge is 0.254 e. The molecule has 0 radical (unpaired) electrons. The Balaban J connectivity index is 2.11. The van der Waals surface area contributed by atoms with E-state index in [0.717, 1.165) is 16.7 Å². The lowest BCUT2D eigenvalue weighted by Crippen LogP contribution is -2.38. The fourth-order valence-electron chi connectivity index (χ4n) is 2.70. The van der Waals surface area contributed by atoms with Crippen LogP contribution >= 0.6 is 11.6 Å². The molecule has 2 aromatic carbocycles. The number of aryl methyl sites for hydroxylation is 3. The Kier molecular flexibility index (Phi) is 6.21. The second-order valence-electron chi connectivity index (χ2n) is 6.20. The van der Waals surface area contributed by atoms with Gasteiger partial charge in [-0.05, 0) is 57.5 Å². The fourth-order valence-corrected chi connectivity index (χ4v) is 2.87. The second kappa shape index (κ2) is 8.17. The van der Waals surface area contributed by atoms with Crippen LogP contribution in [0.5, 0.6) is 0 Å². The van der Waals surface area contributed by atoms with E-state index in [1.54, 1.807) is 12.1 Å². The summed E-state index contributed by atoms with van der Waals surface area (Å²) in [5.41, 5.74) is 4.23. The SMILES string of the molecule is CCN(CC(=O)Nc1cc(Cl)ccc1C)C(=O)c1cc(C)cc(C)c1. The van der Waals surface area contributed by atoms with E-state index in [0.29, 0.717) is 22.8 Å². The summed E-state index contributed by atoms with van der Waals surface area (Å²) >= 11 is 5.98. The predicted molar refractivity (Wildman–Crippen MR) is 102 cm³/mol. The number of benzene rings is 2. The van der Waals surface area contributed by atoms with E-state index in [1.807, 2.05) is 52.0 Å². The third-order valence-corrected chi connectivity index (χ3v) is 4.18. The molecule has 0 aliphatic carbocycles. The normalized spacial score (nSPS) is 10.4. The third-order valence-electron chi connectivity index (χ3n) is 3.95. The first kappa shape index (κ1) is 19.0. The molecule has 0 saturated carbocycles. The number of carbonyl (C=O) groups excluding carboxylic acids is 2. The molecule has 0 aliphatic heterocycles. The quantitative estimate of drug-likeness (QED) is 0.862. The van der Waals surface area contributed by atoms with E-state index < -0.39 is 0 Å². The maximum absolute atomic E-state index is 12.7. The van der Waals surface area contributed by atoms with Crippen molar-refractivity contribution in [3.05, 3.63) is 63.7 Å². The molecule has 0 spiro atoms. The van der Waals surface area contributed by atoms with Crippen LogP contribution in [0.25, 0.3) is 0 Å². The highest BCUT2D eigenvalue weighted by Crippen LogP contribution is 2.20. The van der Waals surface area contributed by atoms with Crippen LogP contribution in [0.3, 0.4) is 0 Å². The minimum atomic E-state index is -0.245. The van der Waals surface area contributed by atoms with Gasteiger partial charge in [-0.1, -0.05) is 34.9 Å². The molecule has 0 fully saturated rings. The van der Waals surface area contributed by atoms with Gasteiger partial charge >= 0.3 is 0 Å². The number of nitrogens with zero attached hydrogens (tertiary/aromatic N) is 1. The predicted octanol–water partition coefficient (Wildman–Crippen LogP) is 4.37. The molecule has 0 atom stereocenters. The van der Waals surface area contributed by atoms with Gasteiger partial charge in [0.05, 0.1) is 0 Å². The average molecular weight is 359 g/mol. The largest absolute Gasteiger partial charge is 0.330 e. The van der Waals surface area contributed by atoms with Crippen LogP contribution in [-0.2, 0) is 4.79 Å². The summed E-state index contributed by atoms with van der Waals surface area (Å²) in [5, 5.41) is 3.38. The van der Waals surface area contributed by atoms with E-state index in [1.165, 1.54) is 4.90 Å². The van der Waals surface area contributed by atoms with Gasteiger partial charge < -0.3 is 10.2 Å². The van der Waals surface area contributed by atoms with Crippen molar-refractivity contribution in [2.45, 2.75) is 27.7 Å². The molecule has 2 aromatic rings. The van der Waals surface area contributed by atoms with Gasteiger partial charge in [-0.2, -0.15) is 0 Å². The number of hydrogen-bond donors (Lipinski definition) is 1. The standard InChI is InChI=1S/C20H23ClN2O2/c1-5-23(20(25)16-9-13(2)8-14(3)10-16)12-19(24)22-18-11-17(21)7-6-15(18)4/h6-11H,5,12H2,1-4H3,(H,22,24). The average Bonchev–Trinajstić information content (AvgIpc) is 2.54. The number of amides is 2. The van der Waals surface area contributed by atoms with Crippen LogP contribution in [0.2, 0.25) is 5.02 Å². The summed E-state index contributed by atoms with van der Waals surface area (Å²) in [6.07, 6.45) is 0. The number of carbonyl (C=O) groups is 2. The Labute approximate surface area is 153 Å². The van der Waals surface area contributed by atoms with Crippen LogP contribution in [0.1, 0.15) is 34.0 Å². The number of halogens is 1. The van der Waals surface area contributed by atoms with Crippen molar-refractivity contribution in [1.29, 1.82) is 0 Å². The van der Waals surface area contributed by atoms with Crippen molar-refractivity contribution < 1.29 is 9.59 Å². The second-order valence-corrected chi connectivity index (χ2v) is 6.64. The molecule has 4 nitrogen and oxygen atoms in total. The zero-order valence-electron chi connectivity index (χ0n) is 15.0. The molecule has 0 saturated heterocycles. The van der Waals surface area contributed by atoms with Gasteiger partial charge in [0.2, 0.25) is 5.91 Å². The monoisotopic (exact) mass is 358 g/mol. The van der Waals surface area contributed by atoms with E-state index in [-0.39, 0.29) is 18.4 Å². The molecule has 0 aliphatic rings. The maximum Gasteiger partial charge on any atom is 0.254 e. The van der Waals surface area contributed by atoms with Gasteiger partial charge in [-0.15, -0.1) is 0 Å². The molecule has 132 valence electrons. The Bertz CT molecular complexity index is 782. The number of hydrogen-bond acceptors (Lipinski definition) is 2. The highest BCUT2D eigenvalue weighted by Gasteiger charge is 2.18. The maximum atomic E-state index is 12.7. The van der Waals surface area contributed by atoms with Gasteiger partial charge in [0.25, 0.3) is 5.91 Å². The van der Waals surface area contributed by atoms with E-state index in [9.17, 15) is 9.59 Å². The summed E-state index contributed by atoms with van der Waals surface area (Å²) < 4.78 is 0. The lowest BCUT2D eigenvalue weighted by Gasteiger charge is -2.21. The van der Waals surface area contributed by atoms with Gasteiger partial charge in [0.1, 0.15) is 6.54 Å². The van der Waals surface area contributed by atoms with E-state index in [2.05, 4.69) is 5.32 Å². The molecule has 0 bridgehead atoms. The van der Waals surface area contributed by atoms with Crippen molar-refractivity contribution in [2.75, 3.05) is 18.4 Å². The summed E-state index contributed by atoms with van der Waals surface area (Å²) in [6.45, 7) is 8.11. The van der Waals surface area contributed by atoms with Gasteiger partial charge in [0.15, 0.2) is 0 Å². The Morgan fingerprint density at radius 3 is 2.28 bits per heavy atom. The molecule has 25 heavy (non-hydrogen) atoms. The number of rotatable bonds is 5. The van der Waals surface area contributed by atoms with Crippen LogP contribution < -0.4 is 5.32 Å². The highest BCUT2D eigenvalue weighted by molar-refractivity contribution is 6.31. The first-order valence-corrected chi connectivity index (χ1v) is 8.61. The molecular formula is C20H23ClN2O2. The van der Waals surface area contributed by atoms with Crippen LogP contribution in [0, 0.1) is 20.8 Å². The third kappa shape index (κ3) is 5.07. The zero-order valence-corrected chi connectivity index (χ0v) is 15.8. The lowest BCUT2D eigenvalue weighted by atomic mass is 10.1. The number of anilines is 1. The van der Waals surface area contributed by atoms with Gasteiger partial charge in [0, 0.05) is 22.8 Å².